The average molecular weight is 558 g/mol. The summed E-state index contributed by atoms with van der Waals surface area (Å²) in [6, 6.07) is 13.8. The zero-order chi connectivity index (χ0) is 21.6. The summed E-state index contributed by atoms with van der Waals surface area (Å²) in [6.45, 7) is 3.49. The average Bonchev–Trinajstić information content (AvgIpc) is 3.19. The summed E-state index contributed by atoms with van der Waals surface area (Å²) in [6.07, 6.45) is 1.57. The van der Waals surface area contributed by atoms with Gasteiger partial charge in [0.2, 0.25) is 10.0 Å². The van der Waals surface area contributed by atoms with Crippen molar-refractivity contribution in [3.63, 3.8) is 0 Å². The van der Waals surface area contributed by atoms with Gasteiger partial charge in [-0.3, -0.25) is 9.30 Å². The number of para-hydroxylation sites is 1. The van der Waals surface area contributed by atoms with Crippen LogP contribution < -0.4 is 19.7 Å². The lowest BCUT2D eigenvalue weighted by molar-refractivity contribution is 0.411. The first kappa shape index (κ1) is 25.3. The molecule has 0 aliphatic carbocycles. The number of hydrogen-bond acceptors (Lipinski definition) is 4. The van der Waals surface area contributed by atoms with Crippen LogP contribution in [0.15, 0.2) is 47.5 Å². The molecule has 170 valence electrons. The van der Waals surface area contributed by atoms with Crippen LogP contribution in [0.1, 0.15) is 16.7 Å². The Kier molecular flexibility index (Phi) is 9.42. The zero-order valence-corrected chi connectivity index (χ0v) is 21.4. The topological polar surface area (TPSA) is 83.0 Å². The molecule has 0 fully saturated rings. The Morgan fingerprint density at radius 3 is 2.65 bits per heavy atom. The van der Waals surface area contributed by atoms with Crippen molar-refractivity contribution in [3.8, 4) is 5.75 Å². The van der Waals surface area contributed by atoms with Crippen LogP contribution in [0, 0.1) is 6.92 Å². The first-order chi connectivity index (χ1) is 14.4. The van der Waals surface area contributed by atoms with E-state index in [-0.39, 0.29) is 29.7 Å². The summed E-state index contributed by atoms with van der Waals surface area (Å²) < 4.78 is 32.4. The lowest BCUT2D eigenvalue weighted by atomic mass is 10.1. The molecule has 2 N–H and O–H groups in total. The van der Waals surface area contributed by atoms with Gasteiger partial charge in [-0.2, -0.15) is 0 Å². The lowest BCUT2D eigenvalue weighted by Gasteiger charge is -2.20. The van der Waals surface area contributed by atoms with Gasteiger partial charge in [0.15, 0.2) is 5.96 Å². The molecule has 0 atom stereocenters. The highest BCUT2D eigenvalue weighted by molar-refractivity contribution is 14.0. The number of benzene rings is 2. The second kappa shape index (κ2) is 11.6. The number of hydrogen-bond donors (Lipinski definition) is 2. The normalized spacial score (nSPS) is 13.4. The highest BCUT2D eigenvalue weighted by Gasteiger charge is 2.28. The van der Waals surface area contributed by atoms with E-state index in [9.17, 15) is 8.42 Å². The van der Waals surface area contributed by atoms with Gasteiger partial charge in [0, 0.05) is 26.7 Å². The first-order valence-electron chi connectivity index (χ1n) is 10.1. The molecule has 7 nitrogen and oxygen atoms in total. The summed E-state index contributed by atoms with van der Waals surface area (Å²) in [5, 5.41) is 6.33. The van der Waals surface area contributed by atoms with Crippen molar-refractivity contribution in [1.82, 2.24) is 10.6 Å². The zero-order valence-electron chi connectivity index (χ0n) is 18.2. The molecule has 2 aromatic carbocycles. The number of rotatable bonds is 8. The van der Waals surface area contributed by atoms with Gasteiger partial charge in [0.05, 0.1) is 18.6 Å². The van der Waals surface area contributed by atoms with E-state index in [2.05, 4.69) is 21.7 Å². The van der Waals surface area contributed by atoms with Crippen LogP contribution in [0.3, 0.4) is 0 Å². The number of methoxy groups -OCH3 is 1. The summed E-state index contributed by atoms with van der Waals surface area (Å²) in [7, 11) is -0.0308. The Hall–Kier alpha value is -2.01. The highest BCUT2D eigenvalue weighted by Crippen LogP contribution is 2.29. The first-order valence-corrected chi connectivity index (χ1v) is 11.7. The number of aryl methyl sites for hydroxylation is 1. The molecule has 1 heterocycles. The second-order valence-electron chi connectivity index (χ2n) is 7.25. The van der Waals surface area contributed by atoms with Gasteiger partial charge in [0.25, 0.3) is 0 Å². The van der Waals surface area contributed by atoms with Crippen LogP contribution in [0.4, 0.5) is 5.69 Å². The number of anilines is 1. The van der Waals surface area contributed by atoms with Gasteiger partial charge >= 0.3 is 0 Å². The van der Waals surface area contributed by atoms with Crippen molar-refractivity contribution in [2.24, 2.45) is 4.99 Å². The standard InChI is InChI=1S/C22H30N4O3S.HI/c1-17-8-9-18(16-21(17)29-3)10-12-24-22(23-2)25-13-15-30(27,28)26-14-11-19-6-4-5-7-20(19)26;/h4-9,16H,10-15H2,1-3H3,(H2,23,24,25);1H. The number of nitrogens with zero attached hydrogens (tertiary/aromatic N) is 2. The Labute approximate surface area is 202 Å². The SMILES string of the molecule is CN=C(NCCc1ccc(C)c(OC)c1)NCCS(=O)(=O)N1CCc2ccccc21.I. The maximum absolute atomic E-state index is 12.8. The van der Waals surface area contributed by atoms with Crippen LogP contribution in [0.25, 0.3) is 0 Å². The number of sulfonamides is 1. The fourth-order valence-corrected chi connectivity index (χ4v) is 5.00. The largest absolute Gasteiger partial charge is 0.496 e. The molecule has 31 heavy (non-hydrogen) atoms. The van der Waals surface area contributed by atoms with Gasteiger partial charge in [-0.05, 0) is 48.6 Å². The third-order valence-corrected chi connectivity index (χ3v) is 7.01. The summed E-state index contributed by atoms with van der Waals surface area (Å²) in [5.41, 5.74) is 4.15. The van der Waals surface area contributed by atoms with Gasteiger partial charge in [-0.25, -0.2) is 8.42 Å². The molecule has 0 saturated heterocycles. The minimum atomic E-state index is -3.38. The van der Waals surface area contributed by atoms with Crippen molar-refractivity contribution < 1.29 is 13.2 Å². The smallest absolute Gasteiger partial charge is 0.236 e. The molecule has 9 heteroatoms. The van der Waals surface area contributed by atoms with E-state index in [4.69, 9.17) is 4.74 Å². The summed E-state index contributed by atoms with van der Waals surface area (Å²) in [5.74, 6) is 1.48. The van der Waals surface area contributed by atoms with E-state index in [1.807, 2.05) is 43.3 Å². The van der Waals surface area contributed by atoms with E-state index in [1.165, 1.54) is 4.31 Å². The number of nitrogens with one attached hydrogen (secondary N) is 2. The van der Waals surface area contributed by atoms with Crippen molar-refractivity contribution in [1.29, 1.82) is 0 Å². The Morgan fingerprint density at radius 2 is 1.90 bits per heavy atom. The molecule has 0 bridgehead atoms. The van der Waals surface area contributed by atoms with Crippen molar-refractivity contribution in [3.05, 3.63) is 59.2 Å². The molecule has 1 aliphatic rings. The number of aliphatic imine (C=N–C) groups is 1. The molecule has 0 aromatic heterocycles. The Balaban J connectivity index is 0.00000341. The molecule has 0 radical (unpaired) electrons. The van der Waals surface area contributed by atoms with Gasteiger partial charge < -0.3 is 15.4 Å². The molecule has 0 unspecified atom stereocenters. The second-order valence-corrected chi connectivity index (χ2v) is 9.26. The third kappa shape index (κ3) is 6.49. The van der Waals surface area contributed by atoms with E-state index >= 15 is 0 Å². The van der Waals surface area contributed by atoms with Crippen LogP contribution in [0.5, 0.6) is 5.75 Å². The Morgan fingerprint density at radius 1 is 1.16 bits per heavy atom. The van der Waals surface area contributed by atoms with Crippen LogP contribution in [-0.2, 0) is 22.9 Å². The van der Waals surface area contributed by atoms with Crippen molar-refractivity contribution in [2.45, 2.75) is 19.8 Å². The monoisotopic (exact) mass is 558 g/mol. The van der Waals surface area contributed by atoms with Crippen LogP contribution in [-0.4, -0.2) is 53.9 Å². The van der Waals surface area contributed by atoms with Gasteiger partial charge in [-0.15, -0.1) is 24.0 Å². The number of guanidine groups is 1. The molecule has 0 amide bonds. The van der Waals surface area contributed by atoms with Crippen LogP contribution >= 0.6 is 24.0 Å². The molecule has 1 aliphatic heterocycles. The maximum atomic E-state index is 12.8. The number of fused-ring (bicyclic) bond motifs is 1. The lowest BCUT2D eigenvalue weighted by Crippen LogP contribution is -2.42. The summed E-state index contributed by atoms with van der Waals surface area (Å²) in [4.78, 5) is 4.18. The van der Waals surface area contributed by atoms with E-state index in [1.54, 1.807) is 14.2 Å². The minimum Gasteiger partial charge on any atom is -0.496 e. The van der Waals surface area contributed by atoms with Gasteiger partial charge in [-0.1, -0.05) is 30.3 Å². The Bertz CT molecular complexity index is 1010. The fraction of sp³-hybridized carbons (Fsp3) is 0.409. The molecular weight excluding hydrogens is 527 g/mol. The van der Waals surface area contributed by atoms with E-state index < -0.39 is 10.0 Å². The van der Waals surface area contributed by atoms with E-state index in [0.717, 1.165) is 41.0 Å². The number of ether oxygens (including phenoxy) is 1. The highest BCUT2D eigenvalue weighted by atomic mass is 127. The van der Waals surface area contributed by atoms with Crippen molar-refractivity contribution in [2.75, 3.05) is 43.8 Å². The minimum absolute atomic E-state index is 0. The van der Waals surface area contributed by atoms with Crippen molar-refractivity contribution >= 4 is 45.6 Å². The molecule has 0 spiro atoms. The van der Waals surface area contributed by atoms with Gasteiger partial charge in [0.1, 0.15) is 5.75 Å². The predicted molar refractivity (Wildman–Crippen MR) is 137 cm³/mol. The quantitative estimate of drug-likeness (QED) is 0.296. The molecule has 2 aromatic rings. The molecular formula is C22H31IN4O3S. The number of halogens is 1. The fourth-order valence-electron chi connectivity index (χ4n) is 3.57. The molecule has 0 saturated carbocycles. The third-order valence-electron chi connectivity index (χ3n) is 5.23. The predicted octanol–water partition coefficient (Wildman–Crippen LogP) is 2.72. The maximum Gasteiger partial charge on any atom is 0.236 e. The van der Waals surface area contributed by atoms with Crippen LogP contribution in [0.2, 0.25) is 0 Å². The molecule has 3 rings (SSSR count). The summed E-state index contributed by atoms with van der Waals surface area (Å²) >= 11 is 0. The van der Waals surface area contributed by atoms with E-state index in [0.29, 0.717) is 25.6 Å².